The molecule has 0 saturated heterocycles. The minimum atomic E-state index is -3.65. The topological polar surface area (TPSA) is 92.5 Å². The monoisotopic (exact) mass is 355 g/mol. The lowest BCUT2D eigenvalue weighted by molar-refractivity contribution is 0.0773. The predicted octanol–water partition coefficient (Wildman–Crippen LogP) is 1.82. The average molecular weight is 356 g/mol. The van der Waals surface area contributed by atoms with E-state index in [0.29, 0.717) is 31.0 Å². The molecular formula is C17H29N3O3S. The van der Waals surface area contributed by atoms with Crippen LogP contribution in [0.1, 0.15) is 44.5 Å². The molecule has 1 aromatic carbocycles. The van der Waals surface area contributed by atoms with Crippen molar-refractivity contribution in [2.45, 2.75) is 45.1 Å². The normalized spacial score (nSPS) is 13.1. The second-order valence-electron chi connectivity index (χ2n) is 6.19. The van der Waals surface area contributed by atoms with E-state index in [0.717, 1.165) is 0 Å². The molecule has 1 amide bonds. The number of carbonyl (C=O) groups excluding carboxylic acids is 1. The van der Waals surface area contributed by atoms with Crippen molar-refractivity contribution in [1.29, 1.82) is 0 Å². The number of carbonyl (C=O) groups is 1. The molecule has 136 valence electrons. The van der Waals surface area contributed by atoms with Gasteiger partial charge in [0.25, 0.3) is 5.91 Å². The van der Waals surface area contributed by atoms with E-state index in [1.807, 2.05) is 27.7 Å². The lowest BCUT2D eigenvalue weighted by Crippen LogP contribution is -2.41. The number of benzene rings is 1. The Labute approximate surface area is 145 Å². The van der Waals surface area contributed by atoms with Gasteiger partial charge < -0.3 is 10.6 Å². The van der Waals surface area contributed by atoms with Crippen molar-refractivity contribution in [2.75, 3.05) is 19.6 Å². The molecule has 1 aromatic rings. The number of nitrogens with zero attached hydrogens (tertiary/aromatic N) is 1. The molecule has 0 aliphatic heterocycles. The molecule has 0 aromatic heterocycles. The van der Waals surface area contributed by atoms with Crippen LogP contribution in [-0.2, 0) is 10.0 Å². The summed E-state index contributed by atoms with van der Waals surface area (Å²) >= 11 is 0. The molecule has 0 aliphatic carbocycles. The van der Waals surface area contributed by atoms with Crippen molar-refractivity contribution in [3.8, 4) is 0 Å². The van der Waals surface area contributed by atoms with Crippen molar-refractivity contribution >= 4 is 15.9 Å². The van der Waals surface area contributed by atoms with Crippen LogP contribution < -0.4 is 10.5 Å². The van der Waals surface area contributed by atoms with Crippen molar-refractivity contribution in [1.82, 2.24) is 9.62 Å². The first-order chi connectivity index (χ1) is 11.2. The van der Waals surface area contributed by atoms with E-state index in [4.69, 9.17) is 5.73 Å². The van der Waals surface area contributed by atoms with Crippen LogP contribution in [0.3, 0.4) is 0 Å². The van der Waals surface area contributed by atoms with Crippen molar-refractivity contribution < 1.29 is 13.2 Å². The predicted molar refractivity (Wildman–Crippen MR) is 96.3 cm³/mol. The molecule has 0 fully saturated rings. The molecule has 6 nitrogen and oxygen atoms in total. The second kappa shape index (κ2) is 9.15. The van der Waals surface area contributed by atoms with Gasteiger partial charge in [-0.2, -0.15) is 0 Å². The zero-order valence-corrected chi connectivity index (χ0v) is 15.8. The van der Waals surface area contributed by atoms with Crippen LogP contribution in [-0.4, -0.2) is 44.9 Å². The van der Waals surface area contributed by atoms with Gasteiger partial charge >= 0.3 is 0 Å². The molecule has 0 spiro atoms. The van der Waals surface area contributed by atoms with E-state index < -0.39 is 10.0 Å². The number of amides is 1. The number of rotatable bonds is 9. The van der Waals surface area contributed by atoms with Gasteiger partial charge in [-0.15, -0.1) is 0 Å². The van der Waals surface area contributed by atoms with Gasteiger partial charge in [-0.05, 0) is 50.5 Å². The van der Waals surface area contributed by atoms with Gasteiger partial charge in [-0.3, -0.25) is 4.79 Å². The third-order valence-electron chi connectivity index (χ3n) is 3.82. The van der Waals surface area contributed by atoms with Crippen LogP contribution >= 0.6 is 0 Å². The molecule has 0 saturated carbocycles. The van der Waals surface area contributed by atoms with Crippen molar-refractivity contribution in [3.05, 3.63) is 29.8 Å². The highest BCUT2D eigenvalue weighted by Crippen LogP contribution is 2.14. The molecular weight excluding hydrogens is 326 g/mol. The fourth-order valence-electron chi connectivity index (χ4n) is 2.52. The summed E-state index contributed by atoms with van der Waals surface area (Å²) in [6.45, 7) is 9.33. The second-order valence-corrected chi connectivity index (χ2v) is 7.90. The Hall–Kier alpha value is -1.44. The minimum absolute atomic E-state index is 0.100. The quantitative estimate of drug-likeness (QED) is 0.707. The van der Waals surface area contributed by atoms with Crippen molar-refractivity contribution in [2.24, 2.45) is 11.7 Å². The maximum atomic E-state index is 12.4. The van der Waals surface area contributed by atoms with Crippen LogP contribution in [0.2, 0.25) is 0 Å². The summed E-state index contributed by atoms with van der Waals surface area (Å²) in [7, 11) is -3.65. The summed E-state index contributed by atoms with van der Waals surface area (Å²) in [6.07, 6.45) is 0.675. The number of nitrogens with two attached hydrogens (primary N) is 1. The highest BCUT2D eigenvalue weighted by atomic mass is 32.2. The molecule has 0 bridgehead atoms. The summed E-state index contributed by atoms with van der Waals surface area (Å²) < 4.78 is 27.5. The van der Waals surface area contributed by atoms with Gasteiger partial charge in [0.05, 0.1) is 4.90 Å². The molecule has 24 heavy (non-hydrogen) atoms. The van der Waals surface area contributed by atoms with Crippen LogP contribution in [0, 0.1) is 5.92 Å². The number of hydrogen-bond acceptors (Lipinski definition) is 4. The molecule has 0 radical (unpaired) electrons. The van der Waals surface area contributed by atoms with E-state index in [1.165, 1.54) is 12.1 Å². The van der Waals surface area contributed by atoms with E-state index in [-0.39, 0.29) is 23.4 Å². The lowest BCUT2D eigenvalue weighted by atomic mass is 10.1. The Morgan fingerprint density at radius 1 is 1.17 bits per heavy atom. The van der Waals surface area contributed by atoms with Crippen molar-refractivity contribution in [3.63, 3.8) is 0 Å². The van der Waals surface area contributed by atoms with Gasteiger partial charge in [-0.25, -0.2) is 13.1 Å². The molecule has 0 heterocycles. The molecule has 1 unspecified atom stereocenters. The van der Waals surface area contributed by atoms with Crippen LogP contribution in [0.15, 0.2) is 29.2 Å². The Balaban J connectivity index is 2.92. The molecule has 7 heteroatoms. The third-order valence-corrected chi connectivity index (χ3v) is 5.36. The Bertz CT molecular complexity index is 623. The van der Waals surface area contributed by atoms with E-state index in [9.17, 15) is 13.2 Å². The zero-order valence-electron chi connectivity index (χ0n) is 15.0. The van der Waals surface area contributed by atoms with E-state index in [1.54, 1.807) is 17.0 Å². The first-order valence-corrected chi connectivity index (χ1v) is 9.85. The third kappa shape index (κ3) is 5.58. The Kier molecular flexibility index (Phi) is 7.86. The summed E-state index contributed by atoms with van der Waals surface area (Å²) in [5, 5.41) is 0. The Morgan fingerprint density at radius 3 is 2.12 bits per heavy atom. The standard InChI is InChI=1S/C17H29N3O3S/c1-5-20(6-2)17(21)14-7-9-16(10-8-14)24(22,23)19-15(12-18)11-13(3)4/h7-10,13,15,19H,5-6,11-12,18H2,1-4H3. The fraction of sp³-hybridized carbons (Fsp3) is 0.588. The van der Waals surface area contributed by atoms with Gasteiger partial charge in [0.1, 0.15) is 0 Å². The van der Waals surface area contributed by atoms with Crippen LogP contribution in [0.25, 0.3) is 0 Å². The van der Waals surface area contributed by atoms with Gasteiger partial charge in [0.15, 0.2) is 0 Å². The molecule has 1 rings (SSSR count). The largest absolute Gasteiger partial charge is 0.339 e. The first-order valence-electron chi connectivity index (χ1n) is 8.36. The minimum Gasteiger partial charge on any atom is -0.339 e. The highest BCUT2D eigenvalue weighted by Gasteiger charge is 2.21. The molecule has 0 aliphatic rings. The fourth-order valence-corrected chi connectivity index (χ4v) is 3.78. The van der Waals surface area contributed by atoms with Crippen LogP contribution in [0.5, 0.6) is 0 Å². The maximum Gasteiger partial charge on any atom is 0.253 e. The number of hydrogen-bond donors (Lipinski definition) is 2. The van der Waals surface area contributed by atoms with Gasteiger partial charge in [0, 0.05) is 31.2 Å². The first kappa shape index (κ1) is 20.6. The maximum absolute atomic E-state index is 12.4. The van der Waals surface area contributed by atoms with Gasteiger partial charge in [0.2, 0.25) is 10.0 Å². The average Bonchev–Trinajstić information content (AvgIpc) is 2.54. The molecule has 3 N–H and O–H groups in total. The van der Waals surface area contributed by atoms with Gasteiger partial charge in [-0.1, -0.05) is 13.8 Å². The Morgan fingerprint density at radius 2 is 1.71 bits per heavy atom. The summed E-state index contributed by atoms with van der Waals surface area (Å²) in [5.74, 6) is 0.242. The van der Waals surface area contributed by atoms with Crippen LogP contribution in [0.4, 0.5) is 0 Å². The lowest BCUT2D eigenvalue weighted by Gasteiger charge is -2.20. The number of nitrogens with one attached hydrogen (secondary N) is 1. The summed E-state index contributed by atoms with van der Waals surface area (Å²) in [4.78, 5) is 14.1. The summed E-state index contributed by atoms with van der Waals surface area (Å²) in [6, 6.07) is 5.72. The molecule has 1 atom stereocenters. The zero-order chi connectivity index (χ0) is 18.3. The smallest absolute Gasteiger partial charge is 0.253 e. The SMILES string of the molecule is CCN(CC)C(=O)c1ccc(S(=O)(=O)NC(CN)CC(C)C)cc1. The highest BCUT2D eigenvalue weighted by molar-refractivity contribution is 7.89. The van der Waals surface area contributed by atoms with E-state index in [2.05, 4.69) is 4.72 Å². The van der Waals surface area contributed by atoms with E-state index >= 15 is 0 Å². The summed E-state index contributed by atoms with van der Waals surface area (Å²) in [5.41, 5.74) is 6.14. The number of sulfonamides is 1.